The molecule has 92 valence electrons. The highest BCUT2D eigenvalue weighted by atomic mass is 35.5. The summed E-state index contributed by atoms with van der Waals surface area (Å²) in [6.07, 6.45) is 3.54. The van der Waals surface area contributed by atoms with Crippen LogP contribution in [0.2, 0.25) is 4.34 Å². The minimum absolute atomic E-state index is 0.287. The average molecular weight is 271 g/mol. The zero-order chi connectivity index (χ0) is 12.0. The van der Waals surface area contributed by atoms with Crippen molar-refractivity contribution >= 4 is 28.6 Å². The van der Waals surface area contributed by atoms with Crippen molar-refractivity contribution in [3.05, 3.63) is 20.3 Å². The second kappa shape index (κ2) is 4.26. The summed E-state index contributed by atoms with van der Waals surface area (Å²) in [7, 11) is 0. The third-order valence-electron chi connectivity index (χ3n) is 3.84. The van der Waals surface area contributed by atoms with Crippen molar-refractivity contribution in [2.45, 2.75) is 38.8 Å². The van der Waals surface area contributed by atoms with E-state index in [1.807, 2.05) is 0 Å². The number of rotatable bonds is 0. The predicted octanol–water partition coefficient (Wildman–Crippen LogP) is 3.26. The second-order valence-corrected chi connectivity index (χ2v) is 6.40. The third kappa shape index (κ3) is 1.70. The number of piperidine rings is 1. The summed E-state index contributed by atoms with van der Waals surface area (Å²) in [6, 6.07) is 0.287. The lowest BCUT2D eigenvalue weighted by Crippen LogP contribution is -2.47. The van der Waals surface area contributed by atoms with Crippen LogP contribution in [0.5, 0.6) is 0 Å². The fourth-order valence-electron chi connectivity index (χ4n) is 2.87. The Morgan fingerprint density at radius 2 is 2.29 bits per heavy atom. The molecule has 2 aliphatic heterocycles. The normalized spacial score (nSPS) is 26.9. The summed E-state index contributed by atoms with van der Waals surface area (Å²) in [4.78, 5) is 3.51. The quantitative estimate of drug-likeness (QED) is 0.580. The van der Waals surface area contributed by atoms with Gasteiger partial charge in [0, 0.05) is 6.54 Å². The Morgan fingerprint density at radius 3 is 3.06 bits per heavy atom. The van der Waals surface area contributed by atoms with Gasteiger partial charge in [0.1, 0.15) is 5.71 Å². The van der Waals surface area contributed by atoms with Crippen LogP contribution < -0.4 is 0 Å². The van der Waals surface area contributed by atoms with E-state index in [9.17, 15) is 5.21 Å². The highest BCUT2D eigenvalue weighted by Crippen LogP contribution is 2.39. The number of hydrogen-bond acceptors (Lipinski definition) is 4. The first-order valence-corrected chi connectivity index (χ1v) is 7.16. The monoisotopic (exact) mass is 270 g/mol. The summed E-state index contributed by atoms with van der Waals surface area (Å²) < 4.78 is 0.830. The summed E-state index contributed by atoms with van der Waals surface area (Å²) in [5, 5.41) is 12.9. The first kappa shape index (κ1) is 11.5. The lowest BCUT2D eigenvalue weighted by atomic mass is 9.90. The molecule has 1 unspecified atom stereocenters. The molecule has 1 fully saturated rings. The number of nitrogens with zero attached hydrogens (tertiary/aromatic N) is 2. The van der Waals surface area contributed by atoms with E-state index in [4.69, 9.17) is 11.6 Å². The molecule has 0 amide bonds. The van der Waals surface area contributed by atoms with Gasteiger partial charge in [-0.2, -0.15) is 0 Å². The second-order valence-electron chi connectivity index (χ2n) is 4.78. The van der Waals surface area contributed by atoms with Gasteiger partial charge in [0.05, 0.1) is 15.3 Å². The van der Waals surface area contributed by atoms with Gasteiger partial charge in [-0.15, -0.1) is 11.3 Å². The molecule has 3 nitrogen and oxygen atoms in total. The molecule has 3 heterocycles. The van der Waals surface area contributed by atoms with Crippen LogP contribution in [0.15, 0.2) is 5.16 Å². The Balaban J connectivity index is 2.11. The van der Waals surface area contributed by atoms with Crippen LogP contribution in [-0.4, -0.2) is 28.4 Å². The molecule has 0 spiro atoms. The van der Waals surface area contributed by atoms with Crippen LogP contribution in [-0.2, 0) is 6.54 Å². The molecule has 17 heavy (non-hydrogen) atoms. The number of hydrogen-bond donors (Lipinski definition) is 1. The summed E-state index contributed by atoms with van der Waals surface area (Å²) >= 11 is 7.76. The SMILES string of the molecule is Cc1c(Cl)sc2c1CN1CCCCC1/C2=N\O. The van der Waals surface area contributed by atoms with Crippen molar-refractivity contribution < 1.29 is 5.21 Å². The lowest BCUT2D eigenvalue weighted by molar-refractivity contribution is 0.174. The first-order chi connectivity index (χ1) is 8.22. The summed E-state index contributed by atoms with van der Waals surface area (Å²) in [5.74, 6) is 0. The van der Waals surface area contributed by atoms with Gasteiger partial charge in [0.2, 0.25) is 0 Å². The molecule has 1 saturated heterocycles. The Kier molecular flexibility index (Phi) is 2.89. The molecular formula is C12H15ClN2OS. The molecule has 2 aliphatic rings. The van der Waals surface area contributed by atoms with Crippen molar-refractivity contribution in [3.8, 4) is 0 Å². The van der Waals surface area contributed by atoms with Gasteiger partial charge in [-0.05, 0) is 37.4 Å². The molecular weight excluding hydrogens is 256 g/mol. The zero-order valence-electron chi connectivity index (χ0n) is 9.74. The molecule has 1 aromatic rings. The van der Waals surface area contributed by atoms with Crippen LogP contribution in [0.1, 0.15) is 35.3 Å². The Bertz CT molecular complexity index is 483. The maximum absolute atomic E-state index is 9.30. The van der Waals surface area contributed by atoms with Crippen molar-refractivity contribution in [2.24, 2.45) is 5.16 Å². The van der Waals surface area contributed by atoms with Gasteiger partial charge < -0.3 is 5.21 Å². The van der Waals surface area contributed by atoms with Crippen molar-refractivity contribution in [2.75, 3.05) is 6.54 Å². The molecule has 0 radical (unpaired) electrons. The Hall–Kier alpha value is -0.580. The largest absolute Gasteiger partial charge is 0.411 e. The highest BCUT2D eigenvalue weighted by Gasteiger charge is 2.36. The van der Waals surface area contributed by atoms with Crippen LogP contribution in [0.4, 0.5) is 0 Å². The van der Waals surface area contributed by atoms with Crippen molar-refractivity contribution in [3.63, 3.8) is 0 Å². The smallest absolute Gasteiger partial charge is 0.114 e. The molecule has 0 aliphatic carbocycles. The number of oxime groups is 1. The van der Waals surface area contributed by atoms with E-state index in [0.29, 0.717) is 0 Å². The summed E-state index contributed by atoms with van der Waals surface area (Å²) in [5.41, 5.74) is 3.23. The van der Waals surface area contributed by atoms with Gasteiger partial charge in [0.25, 0.3) is 0 Å². The van der Waals surface area contributed by atoms with Crippen LogP contribution in [0.25, 0.3) is 0 Å². The highest BCUT2D eigenvalue weighted by molar-refractivity contribution is 7.18. The van der Waals surface area contributed by atoms with Crippen molar-refractivity contribution in [1.29, 1.82) is 0 Å². The van der Waals surface area contributed by atoms with Gasteiger partial charge in [0.15, 0.2) is 0 Å². The van der Waals surface area contributed by atoms with E-state index in [1.54, 1.807) is 11.3 Å². The van der Waals surface area contributed by atoms with Gasteiger partial charge in [-0.1, -0.05) is 23.2 Å². The average Bonchev–Trinajstić information content (AvgIpc) is 2.63. The third-order valence-corrected chi connectivity index (χ3v) is 5.50. The fourth-order valence-corrected chi connectivity index (χ4v) is 4.29. The summed E-state index contributed by atoms with van der Waals surface area (Å²) in [6.45, 7) is 4.10. The number of halogens is 1. The van der Waals surface area contributed by atoms with Crippen molar-refractivity contribution in [1.82, 2.24) is 4.90 Å². The first-order valence-electron chi connectivity index (χ1n) is 5.96. The molecule has 1 aromatic heterocycles. The van der Waals surface area contributed by atoms with Crippen LogP contribution in [0.3, 0.4) is 0 Å². The molecule has 0 aromatic carbocycles. The minimum atomic E-state index is 0.287. The van der Waals surface area contributed by atoms with E-state index in [-0.39, 0.29) is 6.04 Å². The minimum Gasteiger partial charge on any atom is -0.411 e. The standard InChI is InChI=1S/C12H15ClN2OS/c1-7-8-6-15-5-3-2-4-9(15)10(14-16)11(8)17-12(7)13/h9,16H,2-6H2,1H3/b14-10+. The maximum atomic E-state index is 9.30. The molecule has 5 heteroatoms. The Morgan fingerprint density at radius 1 is 1.47 bits per heavy atom. The predicted molar refractivity (Wildman–Crippen MR) is 70.4 cm³/mol. The lowest BCUT2D eigenvalue weighted by Gasteiger charge is -2.39. The topological polar surface area (TPSA) is 35.8 Å². The van der Waals surface area contributed by atoms with E-state index >= 15 is 0 Å². The molecule has 0 saturated carbocycles. The fraction of sp³-hybridized carbons (Fsp3) is 0.583. The van der Waals surface area contributed by atoms with Gasteiger partial charge in [-0.25, -0.2) is 0 Å². The van der Waals surface area contributed by atoms with E-state index in [1.165, 1.54) is 18.4 Å². The van der Waals surface area contributed by atoms with E-state index in [0.717, 1.165) is 40.0 Å². The molecule has 1 atom stereocenters. The maximum Gasteiger partial charge on any atom is 0.114 e. The van der Waals surface area contributed by atoms with E-state index in [2.05, 4.69) is 17.0 Å². The zero-order valence-corrected chi connectivity index (χ0v) is 11.3. The van der Waals surface area contributed by atoms with Gasteiger partial charge in [-0.3, -0.25) is 4.90 Å². The van der Waals surface area contributed by atoms with Crippen LogP contribution >= 0.6 is 22.9 Å². The number of fused-ring (bicyclic) bond motifs is 2. The molecule has 0 bridgehead atoms. The van der Waals surface area contributed by atoms with Gasteiger partial charge >= 0.3 is 0 Å². The molecule has 3 rings (SSSR count). The van der Waals surface area contributed by atoms with Crippen LogP contribution in [0, 0.1) is 6.92 Å². The van der Waals surface area contributed by atoms with E-state index < -0.39 is 0 Å². The molecule has 1 N–H and O–H groups in total. The Labute approximate surface area is 110 Å². The number of thiophene rings is 1.